The number of alkyl halides is 3. The van der Waals surface area contributed by atoms with Gasteiger partial charge in [0.2, 0.25) is 0 Å². The molecule has 0 aliphatic carbocycles. The topological polar surface area (TPSA) is 60.5 Å². The van der Waals surface area contributed by atoms with E-state index in [4.69, 9.17) is 0 Å². The summed E-state index contributed by atoms with van der Waals surface area (Å²) in [6.45, 7) is 6.37. The fraction of sp³-hybridized carbons (Fsp3) is 0.524. The van der Waals surface area contributed by atoms with E-state index in [1.165, 1.54) is 6.20 Å². The molecule has 2 amide bonds. The maximum Gasteiger partial charge on any atom is 0.418 e. The van der Waals surface area contributed by atoms with E-state index in [-0.39, 0.29) is 17.6 Å². The summed E-state index contributed by atoms with van der Waals surface area (Å²) in [7, 11) is 0. The Hall–Kier alpha value is -2.55. The largest absolute Gasteiger partial charge is 0.418 e. The van der Waals surface area contributed by atoms with Gasteiger partial charge in [-0.25, -0.2) is 4.79 Å². The van der Waals surface area contributed by atoms with Crippen LogP contribution in [0.15, 0.2) is 30.5 Å². The lowest BCUT2D eigenvalue weighted by Gasteiger charge is -2.39. The monoisotopic (exact) mass is 421 g/mol. The molecule has 30 heavy (non-hydrogen) atoms. The Kier molecular flexibility index (Phi) is 5.73. The third-order valence-corrected chi connectivity index (χ3v) is 5.81. The fourth-order valence-electron chi connectivity index (χ4n) is 4.49. The SMILES string of the molecule is CC1CC(NCCN2CCNC2=O)CN(c2ccc(C(F)(F)F)c3ncccc23)C1. The molecule has 9 heteroatoms. The van der Waals surface area contributed by atoms with Crippen LogP contribution in [0, 0.1) is 5.92 Å². The first-order valence-corrected chi connectivity index (χ1v) is 10.3. The molecule has 1 aromatic carbocycles. The number of rotatable bonds is 5. The molecule has 2 fully saturated rings. The molecular weight excluding hydrogens is 395 g/mol. The summed E-state index contributed by atoms with van der Waals surface area (Å²) in [5.74, 6) is 0.389. The van der Waals surface area contributed by atoms with Crippen LogP contribution < -0.4 is 15.5 Å². The smallest absolute Gasteiger partial charge is 0.369 e. The number of halogens is 3. The van der Waals surface area contributed by atoms with Crippen molar-refractivity contribution in [2.45, 2.75) is 25.6 Å². The number of aromatic nitrogens is 1. The normalized spacial score (nSPS) is 22.6. The molecule has 2 N–H and O–H groups in total. The van der Waals surface area contributed by atoms with Crippen LogP contribution in [-0.2, 0) is 6.18 Å². The summed E-state index contributed by atoms with van der Waals surface area (Å²) in [5, 5.41) is 6.84. The standard InChI is InChI=1S/C21H26F3N5O/c1-14-11-15(25-7-9-28-10-8-27-20(28)30)13-29(12-14)18-5-4-17(21(22,23)24)19-16(18)3-2-6-26-19/h2-6,14-15,25H,7-13H2,1H3,(H,27,30). The first-order chi connectivity index (χ1) is 14.3. The first-order valence-electron chi connectivity index (χ1n) is 10.3. The zero-order chi connectivity index (χ0) is 21.3. The molecule has 2 saturated heterocycles. The Labute approximate surface area is 173 Å². The van der Waals surface area contributed by atoms with Gasteiger partial charge in [-0.15, -0.1) is 0 Å². The third kappa shape index (κ3) is 4.30. The van der Waals surface area contributed by atoms with Crippen LogP contribution in [0.4, 0.5) is 23.7 Å². The number of fused-ring (bicyclic) bond motifs is 1. The summed E-state index contributed by atoms with van der Waals surface area (Å²) in [4.78, 5) is 19.6. The van der Waals surface area contributed by atoms with Crippen molar-refractivity contribution in [2.24, 2.45) is 5.92 Å². The molecule has 162 valence electrons. The lowest BCUT2D eigenvalue weighted by molar-refractivity contribution is -0.136. The van der Waals surface area contributed by atoms with Crippen molar-refractivity contribution in [3.8, 4) is 0 Å². The number of piperidine rings is 1. The molecule has 4 rings (SSSR count). The molecule has 0 bridgehead atoms. The van der Waals surface area contributed by atoms with Gasteiger partial charge in [0.1, 0.15) is 0 Å². The van der Waals surface area contributed by atoms with Crippen LogP contribution in [0.2, 0.25) is 0 Å². The second kappa shape index (κ2) is 8.29. The number of nitrogens with zero attached hydrogens (tertiary/aromatic N) is 3. The molecule has 0 radical (unpaired) electrons. The molecular formula is C21H26F3N5O. The van der Waals surface area contributed by atoms with Gasteiger partial charge in [0.25, 0.3) is 0 Å². The second-order valence-electron chi connectivity index (χ2n) is 8.15. The molecule has 0 saturated carbocycles. The van der Waals surface area contributed by atoms with Crippen LogP contribution in [0.3, 0.4) is 0 Å². The van der Waals surface area contributed by atoms with E-state index in [1.54, 1.807) is 23.1 Å². The maximum absolute atomic E-state index is 13.4. The van der Waals surface area contributed by atoms with Crippen LogP contribution in [0.25, 0.3) is 10.9 Å². The molecule has 1 aromatic heterocycles. The van der Waals surface area contributed by atoms with Gasteiger partial charge in [0, 0.05) is 62.6 Å². The highest BCUT2D eigenvalue weighted by molar-refractivity contribution is 5.94. The molecule has 2 aromatic rings. The van der Waals surface area contributed by atoms with E-state index in [9.17, 15) is 18.0 Å². The molecule has 6 nitrogen and oxygen atoms in total. The number of pyridine rings is 1. The van der Waals surface area contributed by atoms with Crippen LogP contribution in [0.1, 0.15) is 18.9 Å². The van der Waals surface area contributed by atoms with E-state index in [0.29, 0.717) is 37.5 Å². The average Bonchev–Trinajstić information content (AvgIpc) is 3.11. The highest BCUT2D eigenvalue weighted by Crippen LogP contribution is 2.38. The van der Waals surface area contributed by atoms with Crippen molar-refractivity contribution in [1.82, 2.24) is 20.5 Å². The van der Waals surface area contributed by atoms with Gasteiger partial charge in [-0.05, 0) is 36.6 Å². The van der Waals surface area contributed by atoms with Crippen molar-refractivity contribution < 1.29 is 18.0 Å². The number of benzene rings is 1. The zero-order valence-corrected chi connectivity index (χ0v) is 16.9. The van der Waals surface area contributed by atoms with Gasteiger partial charge in [-0.3, -0.25) is 4.98 Å². The van der Waals surface area contributed by atoms with Gasteiger partial charge >= 0.3 is 12.2 Å². The van der Waals surface area contributed by atoms with Gasteiger partial charge in [-0.1, -0.05) is 6.92 Å². The number of hydrogen-bond acceptors (Lipinski definition) is 4. The number of nitrogens with one attached hydrogen (secondary N) is 2. The Morgan fingerprint density at radius 1 is 1.27 bits per heavy atom. The van der Waals surface area contributed by atoms with Crippen LogP contribution >= 0.6 is 0 Å². The molecule has 3 heterocycles. The highest BCUT2D eigenvalue weighted by Gasteiger charge is 2.34. The Balaban J connectivity index is 1.50. The molecule has 0 spiro atoms. The van der Waals surface area contributed by atoms with Crippen molar-refractivity contribution in [2.75, 3.05) is 44.2 Å². The summed E-state index contributed by atoms with van der Waals surface area (Å²) < 4.78 is 40.2. The third-order valence-electron chi connectivity index (χ3n) is 5.81. The van der Waals surface area contributed by atoms with E-state index in [1.807, 2.05) is 0 Å². The Bertz CT molecular complexity index is 919. The number of amides is 2. The van der Waals surface area contributed by atoms with Crippen molar-refractivity contribution >= 4 is 22.6 Å². The zero-order valence-electron chi connectivity index (χ0n) is 16.9. The van der Waals surface area contributed by atoms with Crippen LogP contribution in [-0.4, -0.2) is 61.2 Å². The van der Waals surface area contributed by atoms with Gasteiger partial charge in [0.05, 0.1) is 11.1 Å². The highest BCUT2D eigenvalue weighted by atomic mass is 19.4. The summed E-state index contributed by atoms with van der Waals surface area (Å²) in [6, 6.07) is 6.26. The quantitative estimate of drug-likeness (QED) is 0.779. The van der Waals surface area contributed by atoms with Crippen molar-refractivity contribution in [3.63, 3.8) is 0 Å². The van der Waals surface area contributed by atoms with Gasteiger partial charge in [-0.2, -0.15) is 13.2 Å². The van der Waals surface area contributed by atoms with E-state index < -0.39 is 11.7 Å². The second-order valence-corrected chi connectivity index (χ2v) is 8.15. The van der Waals surface area contributed by atoms with Crippen LogP contribution in [0.5, 0.6) is 0 Å². The molecule has 2 aliphatic heterocycles. The minimum Gasteiger partial charge on any atom is -0.369 e. The average molecular weight is 421 g/mol. The number of hydrogen-bond donors (Lipinski definition) is 2. The number of carbonyl (C=O) groups excluding carboxylic acids is 1. The Morgan fingerprint density at radius 2 is 2.10 bits per heavy atom. The minimum absolute atomic E-state index is 0.00900. The first kappa shape index (κ1) is 20.7. The lowest BCUT2D eigenvalue weighted by atomic mass is 9.94. The molecule has 2 aliphatic rings. The summed E-state index contributed by atoms with van der Waals surface area (Å²) >= 11 is 0. The number of carbonyl (C=O) groups is 1. The Morgan fingerprint density at radius 3 is 2.83 bits per heavy atom. The van der Waals surface area contributed by atoms with Crippen molar-refractivity contribution in [3.05, 3.63) is 36.0 Å². The van der Waals surface area contributed by atoms with E-state index in [2.05, 4.69) is 27.4 Å². The minimum atomic E-state index is -4.44. The maximum atomic E-state index is 13.4. The number of anilines is 1. The molecule has 2 atom stereocenters. The predicted molar refractivity (Wildman–Crippen MR) is 110 cm³/mol. The van der Waals surface area contributed by atoms with Gasteiger partial charge < -0.3 is 20.4 Å². The number of urea groups is 1. The molecule has 2 unspecified atom stereocenters. The van der Waals surface area contributed by atoms with E-state index >= 15 is 0 Å². The van der Waals surface area contributed by atoms with Gasteiger partial charge in [0.15, 0.2) is 0 Å². The summed E-state index contributed by atoms with van der Waals surface area (Å²) in [6.07, 6.45) is -2.05. The van der Waals surface area contributed by atoms with E-state index in [0.717, 1.165) is 31.3 Å². The summed E-state index contributed by atoms with van der Waals surface area (Å²) in [5.41, 5.74) is 0.0686. The predicted octanol–water partition coefficient (Wildman–Crippen LogP) is 3.08. The lowest BCUT2D eigenvalue weighted by Crippen LogP contribution is -2.50. The van der Waals surface area contributed by atoms with Crippen molar-refractivity contribution in [1.29, 1.82) is 0 Å². The fourth-order valence-corrected chi connectivity index (χ4v) is 4.49.